The minimum atomic E-state index is -0.288. The number of hydrogen-bond donors (Lipinski definition) is 0. The van der Waals surface area contributed by atoms with Crippen molar-refractivity contribution in [2.75, 3.05) is 38.3 Å². The highest BCUT2D eigenvalue weighted by atomic mass is 32.2. The summed E-state index contributed by atoms with van der Waals surface area (Å²) >= 11 is 0.926. The average Bonchev–Trinajstić information content (AvgIpc) is 3.02. The summed E-state index contributed by atoms with van der Waals surface area (Å²) in [6, 6.07) is 3.67. The Morgan fingerprint density at radius 1 is 1.25 bits per heavy atom. The van der Waals surface area contributed by atoms with Crippen LogP contribution in [0, 0.1) is 0 Å². The van der Waals surface area contributed by atoms with E-state index >= 15 is 0 Å². The van der Waals surface area contributed by atoms with Crippen molar-refractivity contribution in [1.29, 1.82) is 0 Å². The van der Waals surface area contributed by atoms with Crippen LogP contribution in [0.2, 0.25) is 0 Å². The second-order valence-corrected chi connectivity index (χ2v) is 5.51. The van der Waals surface area contributed by atoms with Crippen LogP contribution in [-0.2, 0) is 9.53 Å². The van der Waals surface area contributed by atoms with E-state index in [4.69, 9.17) is 9.15 Å². The van der Waals surface area contributed by atoms with E-state index in [-0.39, 0.29) is 11.1 Å². The molecule has 106 valence electrons. The highest BCUT2D eigenvalue weighted by Crippen LogP contribution is 2.32. The Hall–Kier alpha value is -1.73. The van der Waals surface area contributed by atoms with Gasteiger partial charge in [0.25, 0.3) is 11.1 Å². The number of furan rings is 1. The standard InChI is InChI=1S/C13H14N2O4S/c1-14-12(16)10(20-13(14)17)8-9-2-3-11(19-9)15-4-6-18-7-5-15/h2-3,8H,4-7H2,1H3/b10-8-. The van der Waals surface area contributed by atoms with Gasteiger partial charge in [-0.1, -0.05) is 0 Å². The third-order valence-electron chi connectivity index (χ3n) is 3.20. The van der Waals surface area contributed by atoms with Crippen molar-refractivity contribution in [3.63, 3.8) is 0 Å². The molecular formula is C13H14N2O4S. The number of anilines is 1. The molecule has 1 aromatic heterocycles. The molecule has 0 bridgehead atoms. The van der Waals surface area contributed by atoms with Crippen molar-refractivity contribution in [3.05, 3.63) is 22.8 Å². The summed E-state index contributed by atoms with van der Waals surface area (Å²) in [6.45, 7) is 2.95. The van der Waals surface area contributed by atoms with Crippen molar-refractivity contribution in [2.45, 2.75) is 0 Å². The first kappa shape index (κ1) is 13.3. The molecule has 3 heterocycles. The largest absolute Gasteiger partial charge is 0.441 e. The lowest BCUT2D eigenvalue weighted by molar-refractivity contribution is -0.121. The molecule has 2 amide bonds. The Morgan fingerprint density at radius 3 is 2.65 bits per heavy atom. The molecule has 7 heteroatoms. The predicted octanol–water partition coefficient (Wildman–Crippen LogP) is 1.78. The van der Waals surface area contributed by atoms with Gasteiger partial charge >= 0.3 is 0 Å². The van der Waals surface area contributed by atoms with E-state index in [1.54, 1.807) is 12.1 Å². The fourth-order valence-corrected chi connectivity index (χ4v) is 2.86. The lowest BCUT2D eigenvalue weighted by Gasteiger charge is -2.26. The third-order valence-corrected chi connectivity index (χ3v) is 4.16. The lowest BCUT2D eigenvalue weighted by Crippen LogP contribution is -2.35. The second kappa shape index (κ2) is 5.34. The van der Waals surface area contributed by atoms with Gasteiger partial charge in [0.2, 0.25) is 0 Å². The Morgan fingerprint density at radius 2 is 2.00 bits per heavy atom. The van der Waals surface area contributed by atoms with Gasteiger partial charge in [-0.3, -0.25) is 14.5 Å². The van der Waals surface area contributed by atoms with Gasteiger partial charge in [-0.15, -0.1) is 0 Å². The van der Waals surface area contributed by atoms with Crippen LogP contribution in [0.5, 0.6) is 0 Å². The number of carbonyl (C=O) groups is 2. The topological polar surface area (TPSA) is 63.0 Å². The van der Waals surface area contributed by atoms with Gasteiger partial charge in [-0.25, -0.2) is 0 Å². The van der Waals surface area contributed by atoms with Crippen LogP contribution in [-0.4, -0.2) is 49.4 Å². The molecule has 1 aromatic rings. The smallest absolute Gasteiger partial charge is 0.293 e. The van der Waals surface area contributed by atoms with Crippen LogP contribution in [0.4, 0.5) is 10.7 Å². The first-order chi connectivity index (χ1) is 9.65. The van der Waals surface area contributed by atoms with Crippen LogP contribution < -0.4 is 4.90 Å². The summed E-state index contributed by atoms with van der Waals surface area (Å²) in [6.07, 6.45) is 1.61. The predicted molar refractivity (Wildman–Crippen MR) is 75.5 cm³/mol. The van der Waals surface area contributed by atoms with Crippen LogP contribution in [0.3, 0.4) is 0 Å². The Bertz CT molecular complexity index is 575. The molecule has 0 aromatic carbocycles. The second-order valence-electron chi connectivity index (χ2n) is 4.52. The molecule has 0 aliphatic carbocycles. The molecule has 0 saturated carbocycles. The molecule has 6 nitrogen and oxygen atoms in total. The Balaban J connectivity index is 1.77. The van der Waals surface area contributed by atoms with Gasteiger partial charge in [-0.05, 0) is 17.8 Å². The molecule has 0 radical (unpaired) electrons. The van der Waals surface area contributed by atoms with Crippen molar-refractivity contribution < 1.29 is 18.7 Å². The molecule has 2 fully saturated rings. The van der Waals surface area contributed by atoms with E-state index in [9.17, 15) is 9.59 Å². The summed E-state index contributed by atoms with van der Waals surface area (Å²) in [5.74, 6) is 1.05. The minimum Gasteiger partial charge on any atom is -0.441 e. The minimum absolute atomic E-state index is 0.263. The normalized spacial score (nSPS) is 22.1. The molecule has 0 spiro atoms. The van der Waals surface area contributed by atoms with Crippen molar-refractivity contribution >= 4 is 34.9 Å². The van der Waals surface area contributed by atoms with E-state index < -0.39 is 0 Å². The fourth-order valence-electron chi connectivity index (χ4n) is 2.05. The van der Waals surface area contributed by atoms with E-state index in [1.807, 2.05) is 6.07 Å². The summed E-state index contributed by atoms with van der Waals surface area (Å²) in [4.78, 5) is 26.8. The van der Waals surface area contributed by atoms with Gasteiger partial charge in [-0.2, -0.15) is 0 Å². The summed E-state index contributed by atoms with van der Waals surface area (Å²) in [5.41, 5.74) is 0. The van der Waals surface area contributed by atoms with Crippen LogP contribution in [0.25, 0.3) is 6.08 Å². The molecule has 3 rings (SSSR count). The first-order valence-corrected chi connectivity index (χ1v) is 7.11. The van der Waals surface area contributed by atoms with Gasteiger partial charge in [0.1, 0.15) is 5.76 Å². The molecule has 0 N–H and O–H groups in total. The Labute approximate surface area is 120 Å². The van der Waals surface area contributed by atoms with Gasteiger partial charge in [0.15, 0.2) is 5.88 Å². The maximum Gasteiger partial charge on any atom is 0.293 e. The number of likely N-dealkylation sites (N-methyl/N-ethyl adjacent to an activating group) is 1. The summed E-state index contributed by atoms with van der Waals surface area (Å²) in [5, 5.41) is -0.263. The number of carbonyl (C=O) groups excluding carboxylic acids is 2. The zero-order valence-electron chi connectivity index (χ0n) is 11.0. The van der Waals surface area contributed by atoms with E-state index in [1.165, 1.54) is 7.05 Å². The van der Waals surface area contributed by atoms with Crippen LogP contribution >= 0.6 is 11.8 Å². The molecule has 20 heavy (non-hydrogen) atoms. The summed E-state index contributed by atoms with van der Waals surface area (Å²) < 4.78 is 11.0. The molecule has 2 saturated heterocycles. The number of ether oxygens (including phenoxy) is 1. The number of amides is 2. The van der Waals surface area contributed by atoms with E-state index in [0.717, 1.165) is 35.6 Å². The number of hydrogen-bond acceptors (Lipinski definition) is 6. The number of morpholine rings is 1. The average molecular weight is 294 g/mol. The van der Waals surface area contributed by atoms with Gasteiger partial charge in [0.05, 0.1) is 18.1 Å². The van der Waals surface area contributed by atoms with Gasteiger partial charge in [0, 0.05) is 32.3 Å². The quantitative estimate of drug-likeness (QED) is 0.775. The van der Waals surface area contributed by atoms with Crippen molar-refractivity contribution in [3.8, 4) is 0 Å². The molecule has 2 aliphatic rings. The third kappa shape index (κ3) is 2.46. The highest BCUT2D eigenvalue weighted by molar-refractivity contribution is 8.18. The van der Waals surface area contributed by atoms with Crippen LogP contribution in [0.15, 0.2) is 21.5 Å². The van der Waals surface area contributed by atoms with Crippen molar-refractivity contribution in [1.82, 2.24) is 4.90 Å². The zero-order valence-corrected chi connectivity index (χ0v) is 11.8. The lowest BCUT2D eigenvalue weighted by atomic mass is 10.3. The van der Waals surface area contributed by atoms with E-state index in [2.05, 4.69) is 4.90 Å². The number of rotatable bonds is 2. The SMILES string of the molecule is CN1C(=O)S/C(=C\c2ccc(N3CCOCC3)o2)C1=O. The molecular weight excluding hydrogens is 280 g/mol. The highest BCUT2D eigenvalue weighted by Gasteiger charge is 2.32. The molecule has 0 atom stereocenters. The Kier molecular flexibility index (Phi) is 3.54. The van der Waals surface area contributed by atoms with E-state index in [0.29, 0.717) is 23.9 Å². The fraction of sp³-hybridized carbons (Fsp3) is 0.385. The van der Waals surface area contributed by atoms with Crippen LogP contribution in [0.1, 0.15) is 5.76 Å². The monoisotopic (exact) mass is 294 g/mol. The zero-order chi connectivity index (χ0) is 14.1. The summed E-state index contributed by atoms with van der Waals surface area (Å²) in [7, 11) is 1.47. The number of thioether (sulfide) groups is 1. The maximum absolute atomic E-state index is 11.8. The molecule has 0 unspecified atom stereocenters. The maximum atomic E-state index is 11.8. The van der Waals surface area contributed by atoms with Crippen molar-refractivity contribution in [2.24, 2.45) is 0 Å². The number of imide groups is 1. The first-order valence-electron chi connectivity index (χ1n) is 6.29. The van der Waals surface area contributed by atoms with Gasteiger partial charge < -0.3 is 14.1 Å². The number of nitrogens with zero attached hydrogens (tertiary/aromatic N) is 2. The molecule has 2 aliphatic heterocycles.